The number of ether oxygens (including phenoxy) is 1. The molecule has 4 nitrogen and oxygen atoms in total. The van der Waals surface area contributed by atoms with Crippen LogP contribution in [0.3, 0.4) is 0 Å². The summed E-state index contributed by atoms with van der Waals surface area (Å²) in [6.45, 7) is 1.23. The van der Waals surface area contributed by atoms with Gasteiger partial charge in [-0.2, -0.15) is 0 Å². The molecule has 3 N–H and O–H groups in total. The summed E-state index contributed by atoms with van der Waals surface area (Å²) in [4.78, 5) is 12.6. The number of hydrogen-bond donors (Lipinski definition) is 2. The van der Waals surface area contributed by atoms with Crippen molar-refractivity contribution in [3.05, 3.63) is 34.7 Å². The van der Waals surface area contributed by atoms with Crippen molar-refractivity contribution in [1.29, 1.82) is 0 Å². The van der Waals surface area contributed by atoms with Gasteiger partial charge in [0.2, 0.25) is 0 Å². The SMILES string of the molecule is NNC(=O)c1sc2ccccc2c1COCCC1CCC1. The maximum atomic E-state index is 11.9. The van der Waals surface area contributed by atoms with Crippen LogP contribution < -0.4 is 11.3 Å². The number of carbonyl (C=O) groups excluding carboxylic acids is 1. The van der Waals surface area contributed by atoms with Gasteiger partial charge in [-0.05, 0) is 23.8 Å². The molecule has 0 radical (unpaired) electrons. The van der Waals surface area contributed by atoms with E-state index in [0.717, 1.165) is 34.6 Å². The van der Waals surface area contributed by atoms with E-state index in [4.69, 9.17) is 10.6 Å². The Morgan fingerprint density at radius 3 is 2.90 bits per heavy atom. The fourth-order valence-corrected chi connectivity index (χ4v) is 3.81. The number of fused-ring (bicyclic) bond motifs is 1. The highest BCUT2D eigenvalue weighted by Gasteiger charge is 2.19. The zero-order chi connectivity index (χ0) is 14.7. The van der Waals surface area contributed by atoms with Crippen LogP contribution in [0.25, 0.3) is 10.1 Å². The number of carbonyl (C=O) groups is 1. The monoisotopic (exact) mass is 304 g/mol. The summed E-state index contributed by atoms with van der Waals surface area (Å²) in [5.74, 6) is 5.88. The van der Waals surface area contributed by atoms with Crippen molar-refractivity contribution >= 4 is 27.3 Å². The average molecular weight is 304 g/mol. The molecule has 21 heavy (non-hydrogen) atoms. The average Bonchev–Trinajstić information content (AvgIpc) is 2.83. The minimum absolute atomic E-state index is 0.242. The fourth-order valence-electron chi connectivity index (χ4n) is 2.70. The third-order valence-corrected chi connectivity index (χ3v) is 5.39. The molecule has 112 valence electrons. The Morgan fingerprint density at radius 2 is 2.19 bits per heavy atom. The smallest absolute Gasteiger partial charge is 0.275 e. The van der Waals surface area contributed by atoms with Crippen molar-refractivity contribution < 1.29 is 9.53 Å². The van der Waals surface area contributed by atoms with E-state index in [0.29, 0.717) is 11.5 Å². The summed E-state index contributed by atoms with van der Waals surface area (Å²) in [6.07, 6.45) is 5.16. The van der Waals surface area contributed by atoms with Crippen molar-refractivity contribution in [3.63, 3.8) is 0 Å². The van der Waals surface area contributed by atoms with E-state index in [1.807, 2.05) is 24.3 Å². The van der Waals surface area contributed by atoms with E-state index in [1.165, 1.54) is 30.6 Å². The first kappa shape index (κ1) is 14.5. The van der Waals surface area contributed by atoms with Gasteiger partial charge < -0.3 is 4.74 Å². The molecule has 0 unspecified atom stereocenters. The van der Waals surface area contributed by atoms with Gasteiger partial charge in [-0.3, -0.25) is 10.2 Å². The van der Waals surface area contributed by atoms with Gasteiger partial charge in [-0.15, -0.1) is 11.3 Å². The zero-order valence-electron chi connectivity index (χ0n) is 11.9. The Morgan fingerprint density at radius 1 is 1.38 bits per heavy atom. The summed E-state index contributed by atoms with van der Waals surface area (Å²) in [6, 6.07) is 8.01. The van der Waals surface area contributed by atoms with E-state index in [9.17, 15) is 4.79 Å². The number of thiophene rings is 1. The predicted molar refractivity (Wildman–Crippen MR) is 85.1 cm³/mol. The number of amides is 1. The van der Waals surface area contributed by atoms with Gasteiger partial charge in [0.1, 0.15) is 0 Å². The highest BCUT2D eigenvalue weighted by Crippen LogP contribution is 2.32. The van der Waals surface area contributed by atoms with Crippen LogP contribution in [0.2, 0.25) is 0 Å². The largest absolute Gasteiger partial charge is 0.377 e. The molecule has 0 spiro atoms. The molecule has 1 heterocycles. The second kappa shape index (κ2) is 6.56. The van der Waals surface area contributed by atoms with Gasteiger partial charge in [-0.25, -0.2) is 5.84 Å². The molecule has 0 atom stereocenters. The number of hydrazine groups is 1. The second-order valence-corrected chi connectivity index (χ2v) is 6.57. The molecule has 0 saturated heterocycles. The van der Waals surface area contributed by atoms with Crippen molar-refractivity contribution in [2.24, 2.45) is 11.8 Å². The first-order valence-corrected chi connectivity index (χ1v) is 8.20. The first-order valence-electron chi connectivity index (χ1n) is 7.38. The Balaban J connectivity index is 1.73. The molecule has 2 aromatic rings. The van der Waals surface area contributed by atoms with Crippen molar-refractivity contribution in [2.75, 3.05) is 6.61 Å². The zero-order valence-corrected chi connectivity index (χ0v) is 12.7. The maximum absolute atomic E-state index is 11.9. The predicted octanol–water partition coefficient (Wildman–Crippen LogP) is 3.21. The van der Waals surface area contributed by atoms with E-state index in [1.54, 1.807) is 0 Å². The third kappa shape index (κ3) is 3.10. The highest BCUT2D eigenvalue weighted by molar-refractivity contribution is 7.21. The molecule has 3 rings (SSSR count). The fraction of sp³-hybridized carbons (Fsp3) is 0.438. The first-order chi connectivity index (χ1) is 10.3. The Bertz CT molecular complexity index is 634. The summed E-state index contributed by atoms with van der Waals surface area (Å²) in [5.41, 5.74) is 3.18. The van der Waals surface area contributed by atoms with Gasteiger partial charge in [0, 0.05) is 16.9 Å². The molecule has 0 bridgehead atoms. The number of hydrogen-bond acceptors (Lipinski definition) is 4. The van der Waals surface area contributed by atoms with Crippen LogP contribution in [-0.2, 0) is 11.3 Å². The summed E-state index contributed by atoms with van der Waals surface area (Å²) < 4.78 is 6.91. The van der Waals surface area contributed by atoms with Crippen LogP contribution in [0.15, 0.2) is 24.3 Å². The molecule has 1 aliphatic carbocycles. The lowest BCUT2D eigenvalue weighted by atomic mass is 9.83. The van der Waals surface area contributed by atoms with Crippen LogP contribution in [0.5, 0.6) is 0 Å². The van der Waals surface area contributed by atoms with Crippen LogP contribution in [0.4, 0.5) is 0 Å². The molecule has 1 saturated carbocycles. The number of benzene rings is 1. The lowest BCUT2D eigenvalue weighted by Gasteiger charge is -2.24. The number of nitrogens with one attached hydrogen (secondary N) is 1. The summed E-state index contributed by atoms with van der Waals surface area (Å²) >= 11 is 1.46. The molecule has 1 aliphatic rings. The number of rotatable bonds is 6. The molecule has 1 amide bonds. The Hall–Kier alpha value is -1.43. The normalized spacial score (nSPS) is 15.1. The van der Waals surface area contributed by atoms with E-state index >= 15 is 0 Å². The van der Waals surface area contributed by atoms with Gasteiger partial charge >= 0.3 is 0 Å². The Labute approximate surface area is 128 Å². The lowest BCUT2D eigenvalue weighted by Crippen LogP contribution is -2.30. The minimum atomic E-state index is -0.242. The van der Waals surface area contributed by atoms with Crippen molar-refractivity contribution in [1.82, 2.24) is 5.43 Å². The van der Waals surface area contributed by atoms with Gasteiger partial charge in [-0.1, -0.05) is 37.5 Å². The van der Waals surface area contributed by atoms with E-state index in [-0.39, 0.29) is 5.91 Å². The standard InChI is InChI=1S/C16H20N2O2S/c17-18-16(19)15-13(10-20-9-8-11-4-3-5-11)12-6-1-2-7-14(12)21-15/h1-2,6-7,11H,3-5,8-10,17H2,(H,18,19). The van der Waals surface area contributed by atoms with Crippen LogP contribution in [0.1, 0.15) is 40.9 Å². The quantitative estimate of drug-likeness (QED) is 0.373. The maximum Gasteiger partial charge on any atom is 0.275 e. The van der Waals surface area contributed by atoms with Crippen LogP contribution >= 0.6 is 11.3 Å². The molecule has 1 fully saturated rings. The molecule has 1 aromatic heterocycles. The summed E-state index contributed by atoms with van der Waals surface area (Å²) in [5, 5.41) is 1.09. The number of nitrogen functional groups attached to an aromatic ring is 1. The third-order valence-electron chi connectivity index (χ3n) is 4.18. The van der Waals surface area contributed by atoms with Gasteiger partial charge in [0.05, 0.1) is 11.5 Å². The van der Waals surface area contributed by atoms with Crippen LogP contribution in [0, 0.1) is 5.92 Å². The number of nitrogens with two attached hydrogens (primary N) is 1. The lowest BCUT2D eigenvalue weighted by molar-refractivity contribution is 0.0905. The highest BCUT2D eigenvalue weighted by atomic mass is 32.1. The van der Waals surface area contributed by atoms with Gasteiger partial charge in [0.25, 0.3) is 5.91 Å². The molecule has 1 aromatic carbocycles. The summed E-state index contributed by atoms with van der Waals surface area (Å²) in [7, 11) is 0. The van der Waals surface area contributed by atoms with Crippen molar-refractivity contribution in [2.45, 2.75) is 32.3 Å². The van der Waals surface area contributed by atoms with Crippen molar-refractivity contribution in [3.8, 4) is 0 Å². The van der Waals surface area contributed by atoms with Crippen LogP contribution in [-0.4, -0.2) is 12.5 Å². The van der Waals surface area contributed by atoms with Gasteiger partial charge in [0.15, 0.2) is 0 Å². The second-order valence-electron chi connectivity index (χ2n) is 5.52. The molecular formula is C16H20N2O2S. The Kier molecular flexibility index (Phi) is 4.53. The van der Waals surface area contributed by atoms with E-state index in [2.05, 4.69) is 5.43 Å². The minimum Gasteiger partial charge on any atom is -0.377 e. The van der Waals surface area contributed by atoms with E-state index < -0.39 is 0 Å². The molecule has 0 aliphatic heterocycles. The molecular weight excluding hydrogens is 284 g/mol. The topological polar surface area (TPSA) is 64.3 Å². The molecule has 5 heteroatoms.